The van der Waals surface area contributed by atoms with Crippen molar-refractivity contribution in [2.24, 2.45) is 0 Å². The Hall–Kier alpha value is -2.01. The van der Waals surface area contributed by atoms with Crippen molar-refractivity contribution in [1.82, 2.24) is 9.78 Å². The third-order valence-electron chi connectivity index (χ3n) is 2.50. The summed E-state index contributed by atoms with van der Waals surface area (Å²) in [6, 6.07) is 6.33. The zero-order chi connectivity index (χ0) is 13.7. The molecular weight excluding hydrogens is 268 g/mol. The van der Waals surface area contributed by atoms with E-state index < -0.39 is 5.97 Å². The van der Waals surface area contributed by atoms with Gasteiger partial charge in [-0.1, -0.05) is 11.6 Å². The van der Waals surface area contributed by atoms with Gasteiger partial charge in [0.1, 0.15) is 5.75 Å². The van der Waals surface area contributed by atoms with Crippen LogP contribution < -0.4 is 4.74 Å². The summed E-state index contributed by atoms with van der Waals surface area (Å²) < 4.78 is 7.25. The number of rotatable bonds is 6. The maximum Gasteiger partial charge on any atom is 0.335 e. The molecule has 1 aromatic heterocycles. The van der Waals surface area contributed by atoms with Crippen molar-refractivity contribution in [2.45, 2.75) is 13.0 Å². The second-order valence-electron chi connectivity index (χ2n) is 3.95. The highest BCUT2D eigenvalue weighted by molar-refractivity contribution is 6.30. The summed E-state index contributed by atoms with van der Waals surface area (Å²) in [7, 11) is 0. The number of benzene rings is 1. The van der Waals surface area contributed by atoms with Gasteiger partial charge in [0.15, 0.2) is 0 Å². The monoisotopic (exact) mass is 280 g/mol. The van der Waals surface area contributed by atoms with Crippen LogP contribution in [0.25, 0.3) is 0 Å². The molecule has 0 atom stereocenters. The van der Waals surface area contributed by atoms with Crippen LogP contribution in [0, 0.1) is 0 Å². The molecular formula is C13H13ClN2O3. The molecule has 0 amide bonds. The van der Waals surface area contributed by atoms with E-state index in [9.17, 15) is 4.79 Å². The third-order valence-corrected chi connectivity index (χ3v) is 2.70. The van der Waals surface area contributed by atoms with Crippen molar-refractivity contribution < 1.29 is 14.6 Å². The van der Waals surface area contributed by atoms with Crippen LogP contribution in [0.1, 0.15) is 16.8 Å². The van der Waals surface area contributed by atoms with E-state index in [1.165, 1.54) is 12.1 Å². The summed E-state index contributed by atoms with van der Waals surface area (Å²) in [5.74, 6) is -0.286. The van der Waals surface area contributed by atoms with Crippen molar-refractivity contribution in [3.63, 3.8) is 0 Å². The first-order valence-corrected chi connectivity index (χ1v) is 6.17. The van der Waals surface area contributed by atoms with Crippen LogP contribution in [0.5, 0.6) is 5.75 Å². The summed E-state index contributed by atoms with van der Waals surface area (Å²) in [4.78, 5) is 10.7. The molecule has 6 heteroatoms. The highest BCUT2D eigenvalue weighted by atomic mass is 35.5. The predicted octanol–water partition coefficient (Wildman–Crippen LogP) is 2.70. The van der Waals surface area contributed by atoms with Gasteiger partial charge in [-0.3, -0.25) is 4.68 Å². The van der Waals surface area contributed by atoms with E-state index in [2.05, 4.69) is 5.10 Å². The van der Waals surface area contributed by atoms with Gasteiger partial charge in [0, 0.05) is 19.2 Å². The summed E-state index contributed by atoms with van der Waals surface area (Å²) in [5, 5.41) is 13.4. The van der Waals surface area contributed by atoms with E-state index in [1.54, 1.807) is 29.2 Å². The summed E-state index contributed by atoms with van der Waals surface area (Å²) in [5.41, 5.74) is 0.249. The zero-order valence-electron chi connectivity index (χ0n) is 10.1. The lowest BCUT2D eigenvalue weighted by Crippen LogP contribution is -2.05. The minimum absolute atomic E-state index is 0.249. The molecule has 0 radical (unpaired) electrons. The van der Waals surface area contributed by atoms with E-state index in [-0.39, 0.29) is 5.56 Å². The molecule has 0 aliphatic carbocycles. The van der Waals surface area contributed by atoms with Crippen LogP contribution in [0.3, 0.4) is 0 Å². The topological polar surface area (TPSA) is 64.3 Å². The van der Waals surface area contributed by atoms with Crippen molar-refractivity contribution in [2.75, 3.05) is 6.61 Å². The first-order valence-electron chi connectivity index (χ1n) is 5.79. The standard InChI is InChI=1S/C13H13ClN2O3/c14-11-8-15-16(9-11)6-1-7-19-12-4-2-10(3-5-12)13(17)18/h2-5,8-9H,1,6-7H2,(H,17,18). The minimum Gasteiger partial charge on any atom is -0.494 e. The van der Waals surface area contributed by atoms with Crippen LogP contribution in [0.4, 0.5) is 0 Å². The summed E-state index contributed by atoms with van der Waals surface area (Å²) >= 11 is 5.75. The number of aromatic carboxylic acids is 1. The minimum atomic E-state index is -0.942. The van der Waals surface area contributed by atoms with Gasteiger partial charge in [-0.15, -0.1) is 0 Å². The average Bonchev–Trinajstić information content (AvgIpc) is 2.81. The zero-order valence-corrected chi connectivity index (χ0v) is 10.9. The smallest absolute Gasteiger partial charge is 0.335 e. The quantitative estimate of drug-likeness (QED) is 0.826. The van der Waals surface area contributed by atoms with Gasteiger partial charge in [-0.25, -0.2) is 4.79 Å². The fourth-order valence-corrected chi connectivity index (χ4v) is 1.73. The maximum atomic E-state index is 10.7. The van der Waals surface area contributed by atoms with Gasteiger partial charge in [0.25, 0.3) is 0 Å². The van der Waals surface area contributed by atoms with Gasteiger partial charge in [0.05, 0.1) is 23.4 Å². The van der Waals surface area contributed by atoms with Crippen LogP contribution in [-0.4, -0.2) is 27.5 Å². The second-order valence-corrected chi connectivity index (χ2v) is 4.39. The Labute approximate surface area is 115 Å². The summed E-state index contributed by atoms with van der Waals surface area (Å²) in [6.07, 6.45) is 4.13. The number of carbonyl (C=O) groups is 1. The fraction of sp³-hybridized carbons (Fsp3) is 0.231. The molecule has 0 bridgehead atoms. The van der Waals surface area contributed by atoms with E-state index in [0.717, 1.165) is 13.0 Å². The predicted molar refractivity (Wildman–Crippen MR) is 70.8 cm³/mol. The molecule has 5 nitrogen and oxygen atoms in total. The number of nitrogens with zero attached hydrogens (tertiary/aromatic N) is 2. The molecule has 100 valence electrons. The maximum absolute atomic E-state index is 10.7. The molecule has 2 rings (SSSR count). The van der Waals surface area contributed by atoms with Crippen molar-refractivity contribution >= 4 is 17.6 Å². The Kier molecular flexibility index (Phi) is 4.41. The van der Waals surface area contributed by atoms with E-state index in [1.807, 2.05) is 0 Å². The number of carboxylic acids is 1. The molecule has 0 fully saturated rings. The van der Waals surface area contributed by atoms with Crippen molar-refractivity contribution in [3.05, 3.63) is 47.2 Å². The fourth-order valence-electron chi connectivity index (χ4n) is 1.57. The van der Waals surface area contributed by atoms with Crippen molar-refractivity contribution in [1.29, 1.82) is 0 Å². The van der Waals surface area contributed by atoms with E-state index in [4.69, 9.17) is 21.4 Å². The molecule has 19 heavy (non-hydrogen) atoms. The van der Waals surface area contributed by atoms with Gasteiger partial charge >= 0.3 is 5.97 Å². The number of ether oxygens (including phenoxy) is 1. The highest BCUT2D eigenvalue weighted by Gasteiger charge is 2.02. The lowest BCUT2D eigenvalue weighted by molar-refractivity contribution is 0.0697. The van der Waals surface area contributed by atoms with Gasteiger partial charge in [-0.05, 0) is 24.3 Å². The SMILES string of the molecule is O=C(O)c1ccc(OCCCn2cc(Cl)cn2)cc1. The molecule has 0 aliphatic rings. The Morgan fingerprint density at radius 1 is 1.37 bits per heavy atom. The van der Waals surface area contributed by atoms with Crippen LogP contribution in [0.15, 0.2) is 36.7 Å². The van der Waals surface area contributed by atoms with Gasteiger partial charge in [0.2, 0.25) is 0 Å². The molecule has 1 heterocycles. The van der Waals surface area contributed by atoms with Crippen LogP contribution in [0.2, 0.25) is 5.02 Å². The van der Waals surface area contributed by atoms with E-state index >= 15 is 0 Å². The van der Waals surface area contributed by atoms with Crippen LogP contribution in [-0.2, 0) is 6.54 Å². The number of aromatic nitrogens is 2. The number of hydrogen-bond acceptors (Lipinski definition) is 3. The average molecular weight is 281 g/mol. The molecule has 0 aliphatic heterocycles. The largest absolute Gasteiger partial charge is 0.494 e. The van der Waals surface area contributed by atoms with E-state index in [0.29, 0.717) is 17.4 Å². The number of hydrogen-bond donors (Lipinski definition) is 1. The Morgan fingerprint density at radius 2 is 2.11 bits per heavy atom. The number of carboxylic acid groups (broad SMARTS) is 1. The highest BCUT2D eigenvalue weighted by Crippen LogP contribution is 2.12. The molecule has 0 saturated heterocycles. The van der Waals surface area contributed by atoms with Crippen molar-refractivity contribution in [3.8, 4) is 5.75 Å². The molecule has 0 unspecified atom stereocenters. The third kappa shape index (κ3) is 3.99. The lowest BCUT2D eigenvalue weighted by atomic mass is 10.2. The molecule has 1 N–H and O–H groups in total. The molecule has 2 aromatic rings. The Bertz CT molecular complexity index is 551. The van der Waals surface area contributed by atoms with Crippen LogP contribution >= 0.6 is 11.6 Å². The molecule has 0 saturated carbocycles. The normalized spacial score (nSPS) is 10.4. The Balaban J connectivity index is 1.75. The first-order chi connectivity index (χ1) is 9.15. The number of halogens is 1. The first kappa shape index (κ1) is 13.4. The van der Waals surface area contributed by atoms with Gasteiger partial charge in [-0.2, -0.15) is 5.10 Å². The molecule has 0 spiro atoms. The summed E-state index contributed by atoms with van der Waals surface area (Å²) in [6.45, 7) is 1.25. The Morgan fingerprint density at radius 3 is 2.68 bits per heavy atom. The van der Waals surface area contributed by atoms with Gasteiger partial charge < -0.3 is 9.84 Å². The second kappa shape index (κ2) is 6.24. The lowest BCUT2D eigenvalue weighted by Gasteiger charge is -2.06. The molecule has 1 aromatic carbocycles. The number of aryl methyl sites for hydroxylation is 1.